The Labute approximate surface area is 195 Å². The molecule has 3 N–H and O–H groups in total. The molecule has 3 aromatic carbocycles. The molecule has 0 heterocycles. The molecule has 5 heteroatoms. The van der Waals surface area contributed by atoms with E-state index in [1.165, 1.54) is 12.8 Å². The van der Waals surface area contributed by atoms with E-state index in [9.17, 15) is 9.90 Å². The molecule has 1 saturated carbocycles. The Hall–Kier alpha value is -3.31. The fourth-order valence-electron chi connectivity index (χ4n) is 3.73. The number of benzene rings is 3. The van der Waals surface area contributed by atoms with E-state index >= 15 is 0 Å². The summed E-state index contributed by atoms with van der Waals surface area (Å²) in [5.74, 6) is 0.507. The minimum absolute atomic E-state index is 0.0484. The molecular weight excluding hydrogens is 414 g/mol. The molecule has 33 heavy (non-hydrogen) atoms. The molecule has 0 radical (unpaired) electrons. The number of nitrogens with two attached hydrogens (primary N) is 1. The lowest BCUT2D eigenvalue weighted by atomic mass is 9.98. The van der Waals surface area contributed by atoms with Gasteiger partial charge in [-0.3, -0.25) is 4.79 Å². The summed E-state index contributed by atoms with van der Waals surface area (Å²) in [7, 11) is 0. The van der Waals surface area contributed by atoms with Gasteiger partial charge in [-0.2, -0.15) is 0 Å². The number of carboxylic acids is 1. The number of ether oxygens (including phenoxy) is 2. The van der Waals surface area contributed by atoms with E-state index in [1.54, 1.807) is 12.1 Å². The van der Waals surface area contributed by atoms with Crippen LogP contribution < -0.4 is 15.2 Å². The first kappa shape index (κ1) is 22.9. The third-order valence-corrected chi connectivity index (χ3v) is 6.11. The van der Waals surface area contributed by atoms with Gasteiger partial charge >= 0.3 is 5.97 Å². The monoisotopic (exact) mass is 445 g/mol. The van der Waals surface area contributed by atoms with Crippen molar-refractivity contribution in [2.24, 2.45) is 11.1 Å². The molecule has 4 rings (SSSR count). The SMILES string of the molecule is CC(N)c1cccc(-c2cc(COc3ccccc3CC(=O)O)cc(OCC3(C)CC3)c2)c1. The molecule has 172 valence electrons. The van der Waals surface area contributed by atoms with Gasteiger partial charge in [0.1, 0.15) is 18.1 Å². The molecule has 3 aromatic rings. The van der Waals surface area contributed by atoms with Gasteiger partial charge in [0.15, 0.2) is 0 Å². The molecule has 1 fully saturated rings. The number of aliphatic carboxylic acids is 1. The predicted molar refractivity (Wildman–Crippen MR) is 129 cm³/mol. The summed E-state index contributed by atoms with van der Waals surface area (Å²) < 4.78 is 12.2. The van der Waals surface area contributed by atoms with Crippen LogP contribution in [0.15, 0.2) is 66.7 Å². The van der Waals surface area contributed by atoms with E-state index in [0.717, 1.165) is 28.0 Å². The van der Waals surface area contributed by atoms with Crippen LogP contribution in [-0.2, 0) is 17.8 Å². The Morgan fingerprint density at radius 2 is 1.82 bits per heavy atom. The first-order valence-electron chi connectivity index (χ1n) is 11.4. The fraction of sp³-hybridized carbons (Fsp3) is 0.321. The Morgan fingerprint density at radius 1 is 1.03 bits per heavy atom. The van der Waals surface area contributed by atoms with Crippen LogP contribution in [0, 0.1) is 5.41 Å². The van der Waals surface area contributed by atoms with Gasteiger partial charge in [0.25, 0.3) is 0 Å². The zero-order valence-corrected chi connectivity index (χ0v) is 19.2. The Bertz CT molecular complexity index is 1130. The summed E-state index contributed by atoms with van der Waals surface area (Å²) >= 11 is 0. The molecule has 1 atom stereocenters. The van der Waals surface area contributed by atoms with Crippen LogP contribution in [0.4, 0.5) is 0 Å². The lowest BCUT2D eigenvalue weighted by Gasteiger charge is -2.16. The van der Waals surface area contributed by atoms with E-state index in [2.05, 4.69) is 31.2 Å². The van der Waals surface area contributed by atoms with Crippen molar-refractivity contribution in [1.29, 1.82) is 0 Å². The summed E-state index contributed by atoms with van der Waals surface area (Å²) in [6.07, 6.45) is 2.31. The first-order valence-corrected chi connectivity index (χ1v) is 11.4. The van der Waals surface area contributed by atoms with Crippen molar-refractivity contribution in [3.63, 3.8) is 0 Å². The minimum Gasteiger partial charge on any atom is -0.493 e. The van der Waals surface area contributed by atoms with Crippen molar-refractivity contribution < 1.29 is 19.4 Å². The lowest BCUT2D eigenvalue weighted by molar-refractivity contribution is -0.136. The second-order valence-corrected chi connectivity index (χ2v) is 9.35. The summed E-state index contributed by atoms with van der Waals surface area (Å²) in [4.78, 5) is 11.2. The second kappa shape index (κ2) is 9.67. The highest BCUT2D eigenvalue weighted by atomic mass is 16.5. The number of para-hydroxylation sites is 1. The van der Waals surface area contributed by atoms with Crippen LogP contribution in [0.2, 0.25) is 0 Å². The fourth-order valence-corrected chi connectivity index (χ4v) is 3.73. The first-order chi connectivity index (χ1) is 15.8. The molecule has 1 aliphatic rings. The van der Waals surface area contributed by atoms with Gasteiger partial charge in [0, 0.05) is 17.0 Å². The molecule has 0 spiro atoms. The highest BCUT2D eigenvalue weighted by Gasteiger charge is 2.38. The highest BCUT2D eigenvalue weighted by molar-refractivity contribution is 5.71. The lowest BCUT2D eigenvalue weighted by Crippen LogP contribution is -2.09. The number of rotatable bonds is 10. The third kappa shape index (κ3) is 6.14. The van der Waals surface area contributed by atoms with Crippen molar-refractivity contribution >= 4 is 5.97 Å². The maximum Gasteiger partial charge on any atom is 0.307 e. The van der Waals surface area contributed by atoms with E-state index in [-0.39, 0.29) is 17.9 Å². The normalized spacial score (nSPS) is 15.0. The summed E-state index contributed by atoms with van der Waals surface area (Å²) in [5.41, 5.74) is 11.2. The van der Waals surface area contributed by atoms with Gasteiger partial charge in [-0.15, -0.1) is 0 Å². The maximum atomic E-state index is 11.2. The van der Waals surface area contributed by atoms with Crippen molar-refractivity contribution in [3.8, 4) is 22.6 Å². The van der Waals surface area contributed by atoms with Gasteiger partial charge in [-0.1, -0.05) is 43.3 Å². The van der Waals surface area contributed by atoms with E-state index in [1.807, 2.05) is 37.3 Å². The molecule has 1 unspecified atom stereocenters. The Morgan fingerprint density at radius 3 is 2.55 bits per heavy atom. The average Bonchev–Trinajstić information content (AvgIpc) is 3.54. The van der Waals surface area contributed by atoms with Gasteiger partial charge in [-0.25, -0.2) is 0 Å². The van der Waals surface area contributed by atoms with Crippen molar-refractivity contribution in [1.82, 2.24) is 0 Å². The predicted octanol–water partition coefficient (Wildman–Crippen LogP) is 5.76. The highest BCUT2D eigenvalue weighted by Crippen LogP contribution is 2.45. The van der Waals surface area contributed by atoms with Gasteiger partial charge in [-0.05, 0) is 72.4 Å². The standard InChI is InChI=1S/C28H31NO4/c1-19(29)21-7-5-8-22(14-21)24-12-20(13-25(15-24)33-18-28(2)10-11-28)17-32-26-9-4-3-6-23(26)16-27(30)31/h3-9,12-15,19H,10-11,16-18,29H2,1-2H3,(H,30,31). The molecular formula is C28H31NO4. The molecule has 1 aliphatic carbocycles. The average molecular weight is 446 g/mol. The van der Waals surface area contributed by atoms with Crippen molar-refractivity contribution in [3.05, 3.63) is 83.4 Å². The maximum absolute atomic E-state index is 11.2. The quantitative estimate of drug-likeness (QED) is 0.415. The Kier molecular flexibility index (Phi) is 6.70. The van der Waals surface area contributed by atoms with Crippen molar-refractivity contribution in [2.45, 2.75) is 45.8 Å². The van der Waals surface area contributed by atoms with Crippen LogP contribution in [0.25, 0.3) is 11.1 Å². The molecule has 0 saturated heterocycles. The van der Waals surface area contributed by atoms with Crippen molar-refractivity contribution in [2.75, 3.05) is 6.61 Å². The van der Waals surface area contributed by atoms with E-state index in [0.29, 0.717) is 24.5 Å². The van der Waals surface area contributed by atoms with Crippen LogP contribution in [0.5, 0.6) is 11.5 Å². The zero-order chi connectivity index (χ0) is 23.4. The minimum atomic E-state index is -0.883. The summed E-state index contributed by atoms with van der Waals surface area (Å²) in [6, 6.07) is 21.6. The molecule has 0 aliphatic heterocycles. The van der Waals surface area contributed by atoms with Gasteiger partial charge in [0.2, 0.25) is 0 Å². The summed E-state index contributed by atoms with van der Waals surface area (Å²) in [6.45, 7) is 5.22. The molecule has 0 bridgehead atoms. The molecule has 0 aromatic heterocycles. The molecule has 5 nitrogen and oxygen atoms in total. The zero-order valence-electron chi connectivity index (χ0n) is 19.2. The number of carbonyl (C=O) groups is 1. The third-order valence-electron chi connectivity index (χ3n) is 6.11. The van der Waals surface area contributed by atoms with Crippen LogP contribution in [0.3, 0.4) is 0 Å². The summed E-state index contributed by atoms with van der Waals surface area (Å²) in [5, 5.41) is 9.19. The Balaban J connectivity index is 1.61. The number of carboxylic acid groups (broad SMARTS) is 1. The second-order valence-electron chi connectivity index (χ2n) is 9.35. The van der Waals surface area contributed by atoms with E-state index < -0.39 is 5.97 Å². The largest absolute Gasteiger partial charge is 0.493 e. The van der Waals surface area contributed by atoms with E-state index in [4.69, 9.17) is 15.2 Å². The number of hydrogen-bond acceptors (Lipinski definition) is 4. The van der Waals surface area contributed by atoms with Crippen LogP contribution >= 0.6 is 0 Å². The van der Waals surface area contributed by atoms with Gasteiger partial charge in [0.05, 0.1) is 13.0 Å². The smallest absolute Gasteiger partial charge is 0.307 e. The number of hydrogen-bond donors (Lipinski definition) is 2. The topological polar surface area (TPSA) is 81.8 Å². The van der Waals surface area contributed by atoms with Gasteiger partial charge < -0.3 is 20.3 Å². The molecule has 0 amide bonds. The van der Waals surface area contributed by atoms with Crippen LogP contribution in [-0.4, -0.2) is 17.7 Å². The van der Waals surface area contributed by atoms with Crippen LogP contribution in [0.1, 0.15) is 49.4 Å².